The van der Waals surface area contributed by atoms with Crippen molar-refractivity contribution < 1.29 is 14.0 Å². The Bertz CT molecular complexity index is 960. The molecule has 2 N–H and O–H groups in total. The van der Waals surface area contributed by atoms with Crippen molar-refractivity contribution in [1.29, 1.82) is 5.26 Å². The van der Waals surface area contributed by atoms with E-state index >= 15 is 0 Å². The van der Waals surface area contributed by atoms with Crippen molar-refractivity contribution in [3.63, 3.8) is 0 Å². The topological polar surface area (TPSA) is 93.7 Å². The molecule has 1 saturated carbocycles. The molecule has 170 valence electrons. The number of benzene rings is 1. The Balaban J connectivity index is 1.27. The van der Waals surface area contributed by atoms with Crippen molar-refractivity contribution in [2.24, 2.45) is 17.6 Å². The number of hydrogen-bond donors (Lipinski definition) is 1. The normalized spacial score (nSPS) is 32.9. The second kappa shape index (κ2) is 7.82. The van der Waals surface area contributed by atoms with Crippen molar-refractivity contribution in [3.8, 4) is 6.07 Å². The molecular formula is C24H30FN5O2. The van der Waals surface area contributed by atoms with Crippen LogP contribution in [0.25, 0.3) is 0 Å². The molecule has 3 heterocycles. The Morgan fingerprint density at radius 3 is 2.59 bits per heavy atom. The molecule has 32 heavy (non-hydrogen) atoms. The first-order chi connectivity index (χ1) is 15.3. The van der Waals surface area contributed by atoms with Gasteiger partial charge in [0.05, 0.1) is 24.2 Å². The Morgan fingerprint density at radius 1 is 1.25 bits per heavy atom. The van der Waals surface area contributed by atoms with Crippen LogP contribution in [0.1, 0.15) is 44.7 Å². The number of rotatable bonds is 6. The Kier molecular flexibility index (Phi) is 5.22. The van der Waals surface area contributed by atoms with E-state index in [0.29, 0.717) is 19.0 Å². The summed E-state index contributed by atoms with van der Waals surface area (Å²) >= 11 is 0. The van der Waals surface area contributed by atoms with Crippen LogP contribution in [-0.4, -0.2) is 69.8 Å². The third-order valence-electron chi connectivity index (χ3n) is 7.71. The van der Waals surface area contributed by atoms with Gasteiger partial charge in [-0.3, -0.25) is 14.5 Å². The quantitative estimate of drug-likeness (QED) is 0.728. The molecular weight excluding hydrogens is 409 g/mol. The average molecular weight is 440 g/mol. The number of fused-ring (bicyclic) bond motifs is 3. The third-order valence-corrected chi connectivity index (χ3v) is 7.71. The van der Waals surface area contributed by atoms with Crippen LogP contribution in [0.3, 0.4) is 0 Å². The van der Waals surface area contributed by atoms with Crippen LogP contribution >= 0.6 is 0 Å². The summed E-state index contributed by atoms with van der Waals surface area (Å²) in [5.74, 6) is 0.241. The Labute approximate surface area is 187 Å². The smallest absolute Gasteiger partial charge is 0.242 e. The van der Waals surface area contributed by atoms with Crippen LogP contribution in [0.2, 0.25) is 0 Å². The zero-order valence-corrected chi connectivity index (χ0v) is 18.5. The lowest BCUT2D eigenvalue weighted by Gasteiger charge is -2.41. The van der Waals surface area contributed by atoms with Crippen LogP contribution in [-0.2, 0) is 9.59 Å². The number of halogens is 1. The van der Waals surface area contributed by atoms with Gasteiger partial charge >= 0.3 is 0 Å². The van der Waals surface area contributed by atoms with Gasteiger partial charge in [-0.25, -0.2) is 4.39 Å². The molecule has 3 saturated heterocycles. The SMILES string of the molecule is CC(C)[C@@H](c1ccc(F)cc1)N1C(=O)[C@@H]2CC1CN2C[C@H](N)C(=O)N1[C@H](C#N)C[C@@H]2C[C@@H]21. The van der Waals surface area contributed by atoms with E-state index in [1.807, 2.05) is 9.80 Å². The lowest BCUT2D eigenvalue weighted by Crippen LogP contribution is -2.57. The number of piperazine rings is 1. The molecule has 0 radical (unpaired) electrons. The monoisotopic (exact) mass is 439 g/mol. The Hall–Kier alpha value is -2.50. The Morgan fingerprint density at radius 2 is 1.97 bits per heavy atom. The number of carbonyl (C=O) groups is 2. The van der Waals surface area contributed by atoms with Gasteiger partial charge in [0.2, 0.25) is 11.8 Å². The number of piperidine rings is 1. The highest BCUT2D eigenvalue weighted by molar-refractivity contribution is 5.87. The lowest BCUT2D eigenvalue weighted by molar-refractivity contribution is -0.142. The molecule has 7 nitrogen and oxygen atoms in total. The molecule has 0 aromatic heterocycles. The van der Waals surface area contributed by atoms with Gasteiger partial charge < -0.3 is 15.5 Å². The fourth-order valence-corrected chi connectivity index (χ4v) is 6.19. The first kappa shape index (κ1) is 21.4. The largest absolute Gasteiger partial charge is 0.330 e. The molecule has 1 aromatic carbocycles. The minimum Gasteiger partial charge on any atom is -0.330 e. The first-order valence-electron chi connectivity index (χ1n) is 11.6. The molecule has 1 aliphatic carbocycles. The molecule has 7 atom stereocenters. The molecule has 8 heteroatoms. The van der Waals surface area contributed by atoms with Crippen molar-refractivity contribution in [1.82, 2.24) is 14.7 Å². The minimum absolute atomic E-state index is 0.0544. The number of nitrogens with two attached hydrogens (primary N) is 1. The first-order valence-corrected chi connectivity index (χ1v) is 11.6. The van der Waals surface area contributed by atoms with E-state index in [1.165, 1.54) is 12.1 Å². The summed E-state index contributed by atoms with van der Waals surface area (Å²) in [6.07, 6.45) is 2.44. The maximum Gasteiger partial charge on any atom is 0.242 e. The van der Waals surface area contributed by atoms with Gasteiger partial charge in [0, 0.05) is 25.2 Å². The molecule has 4 aliphatic rings. The van der Waals surface area contributed by atoms with Crippen molar-refractivity contribution in [3.05, 3.63) is 35.6 Å². The molecule has 2 amide bonds. The third kappa shape index (κ3) is 3.39. The van der Waals surface area contributed by atoms with E-state index in [-0.39, 0.29) is 53.8 Å². The number of hydrogen-bond acceptors (Lipinski definition) is 5. The second-order valence-electron chi connectivity index (χ2n) is 10.1. The van der Waals surface area contributed by atoms with Gasteiger partial charge in [0.15, 0.2) is 0 Å². The van der Waals surface area contributed by atoms with Crippen LogP contribution in [0.5, 0.6) is 0 Å². The number of amides is 2. The maximum atomic E-state index is 13.4. The summed E-state index contributed by atoms with van der Waals surface area (Å²) in [5, 5.41) is 9.38. The molecule has 2 bridgehead atoms. The number of carbonyl (C=O) groups excluding carboxylic acids is 2. The minimum atomic E-state index is -0.733. The molecule has 0 spiro atoms. The zero-order chi connectivity index (χ0) is 22.7. The molecule has 1 aromatic rings. The predicted octanol–water partition coefficient (Wildman–Crippen LogP) is 1.65. The molecule has 3 aliphatic heterocycles. The van der Waals surface area contributed by atoms with Gasteiger partial charge in [-0.1, -0.05) is 26.0 Å². The average Bonchev–Trinajstić information content (AvgIpc) is 3.10. The zero-order valence-electron chi connectivity index (χ0n) is 18.5. The van der Waals surface area contributed by atoms with Crippen molar-refractivity contribution in [2.75, 3.05) is 13.1 Å². The number of nitriles is 1. The van der Waals surface area contributed by atoms with E-state index in [9.17, 15) is 19.2 Å². The van der Waals surface area contributed by atoms with Gasteiger partial charge in [-0.05, 0) is 48.8 Å². The predicted molar refractivity (Wildman–Crippen MR) is 115 cm³/mol. The van der Waals surface area contributed by atoms with Gasteiger partial charge in [-0.2, -0.15) is 5.26 Å². The highest BCUT2D eigenvalue weighted by Crippen LogP contribution is 2.48. The van der Waals surface area contributed by atoms with Crippen molar-refractivity contribution >= 4 is 11.8 Å². The molecule has 4 fully saturated rings. The van der Waals surface area contributed by atoms with E-state index in [2.05, 4.69) is 19.9 Å². The molecule has 1 unspecified atom stereocenters. The van der Waals surface area contributed by atoms with E-state index in [4.69, 9.17) is 5.73 Å². The summed E-state index contributed by atoms with van der Waals surface area (Å²) in [6.45, 7) is 5.16. The van der Waals surface area contributed by atoms with Crippen LogP contribution in [0, 0.1) is 29.0 Å². The van der Waals surface area contributed by atoms with E-state index in [0.717, 1.165) is 24.8 Å². The maximum absolute atomic E-state index is 13.4. The highest BCUT2D eigenvalue weighted by Gasteiger charge is 2.56. The lowest BCUT2D eigenvalue weighted by atomic mass is 9.93. The number of likely N-dealkylation sites (tertiary alicyclic amines) is 3. The van der Waals surface area contributed by atoms with Crippen LogP contribution in [0.15, 0.2) is 24.3 Å². The summed E-state index contributed by atoms with van der Waals surface area (Å²) in [7, 11) is 0. The van der Waals surface area contributed by atoms with Crippen LogP contribution < -0.4 is 5.73 Å². The standard InChI is InChI=1S/C24H30FN5O2/c1-13(2)22(14-3-5-16(25)6-4-14)30-18-9-21(24(30)32)28(11-18)12-19(27)23(31)29-17(10-26)7-15-8-20(15)29/h3-6,13,15,17-22H,7-9,11-12,27H2,1-2H3/t15-,17+,18?,19+,20+,21+,22+/m1/s1. The molecule has 5 rings (SSSR count). The second-order valence-corrected chi connectivity index (χ2v) is 10.1. The fourth-order valence-electron chi connectivity index (χ4n) is 6.19. The number of nitrogens with zero attached hydrogens (tertiary/aromatic N) is 4. The van der Waals surface area contributed by atoms with Gasteiger partial charge in [0.1, 0.15) is 11.9 Å². The summed E-state index contributed by atoms with van der Waals surface area (Å²) < 4.78 is 13.4. The highest BCUT2D eigenvalue weighted by atomic mass is 19.1. The summed E-state index contributed by atoms with van der Waals surface area (Å²) in [6, 6.07) is 7.39. The van der Waals surface area contributed by atoms with Gasteiger partial charge in [-0.15, -0.1) is 0 Å². The van der Waals surface area contributed by atoms with E-state index in [1.54, 1.807) is 17.0 Å². The van der Waals surface area contributed by atoms with Crippen molar-refractivity contribution in [2.45, 2.75) is 69.4 Å². The van der Waals surface area contributed by atoms with Crippen LogP contribution in [0.4, 0.5) is 4.39 Å². The van der Waals surface area contributed by atoms with E-state index < -0.39 is 6.04 Å². The summed E-state index contributed by atoms with van der Waals surface area (Å²) in [5.41, 5.74) is 7.24. The summed E-state index contributed by atoms with van der Waals surface area (Å²) in [4.78, 5) is 32.1. The fraction of sp³-hybridized carbons (Fsp3) is 0.625. The van der Waals surface area contributed by atoms with Gasteiger partial charge in [0.25, 0.3) is 0 Å².